The number of nitrogen functional groups attached to an aromatic ring is 1. The first-order valence-electron chi connectivity index (χ1n) is 6.50. The molecule has 0 bridgehead atoms. The van der Waals surface area contributed by atoms with Gasteiger partial charge in [0, 0.05) is 11.3 Å². The van der Waals surface area contributed by atoms with E-state index in [1.165, 1.54) is 27.8 Å². The summed E-state index contributed by atoms with van der Waals surface area (Å²) in [5, 5.41) is 0. The van der Waals surface area contributed by atoms with Gasteiger partial charge in [0.2, 0.25) is 0 Å². The summed E-state index contributed by atoms with van der Waals surface area (Å²) in [7, 11) is 0. The third kappa shape index (κ3) is 2.13. The van der Waals surface area contributed by atoms with Crippen LogP contribution in [0.4, 0.5) is 5.69 Å². The predicted octanol–water partition coefficient (Wildman–Crippen LogP) is 4.42. The van der Waals surface area contributed by atoms with Crippen molar-refractivity contribution in [2.24, 2.45) is 0 Å². The Kier molecular flexibility index (Phi) is 3.42. The molecule has 0 saturated carbocycles. The molecule has 0 saturated heterocycles. The summed E-state index contributed by atoms with van der Waals surface area (Å²) in [6.07, 6.45) is 1.03. The van der Waals surface area contributed by atoms with Crippen molar-refractivity contribution >= 4 is 5.69 Å². The Balaban J connectivity index is 2.76. The van der Waals surface area contributed by atoms with E-state index < -0.39 is 0 Å². The van der Waals surface area contributed by atoms with Gasteiger partial charge < -0.3 is 5.73 Å². The SMILES string of the molecule is CCc1cccc(C)c1-c1cc(C)cc(C)c1N. The molecule has 0 fully saturated rings. The molecule has 2 aromatic carbocycles. The highest BCUT2D eigenvalue weighted by Crippen LogP contribution is 2.34. The van der Waals surface area contributed by atoms with Gasteiger partial charge >= 0.3 is 0 Å². The molecule has 0 aliphatic heterocycles. The predicted molar refractivity (Wildman–Crippen MR) is 79.9 cm³/mol. The van der Waals surface area contributed by atoms with Gasteiger partial charge in [-0.1, -0.05) is 36.8 Å². The molecule has 0 radical (unpaired) electrons. The maximum Gasteiger partial charge on any atom is 0.0423 e. The van der Waals surface area contributed by atoms with Crippen LogP contribution in [0.2, 0.25) is 0 Å². The Labute approximate surface area is 110 Å². The molecule has 18 heavy (non-hydrogen) atoms. The summed E-state index contributed by atoms with van der Waals surface area (Å²) >= 11 is 0. The molecule has 2 N–H and O–H groups in total. The number of nitrogens with two attached hydrogens (primary N) is 1. The topological polar surface area (TPSA) is 26.0 Å². The lowest BCUT2D eigenvalue weighted by atomic mass is 9.90. The molecule has 1 heteroatoms. The molecule has 94 valence electrons. The van der Waals surface area contributed by atoms with Crippen LogP contribution >= 0.6 is 0 Å². The third-order valence-corrected chi connectivity index (χ3v) is 3.54. The molecule has 0 aliphatic rings. The van der Waals surface area contributed by atoms with E-state index in [-0.39, 0.29) is 0 Å². The molecule has 0 heterocycles. The molecule has 2 rings (SSSR count). The highest BCUT2D eigenvalue weighted by molar-refractivity contribution is 5.83. The van der Waals surface area contributed by atoms with Gasteiger partial charge in [-0.05, 0) is 55.5 Å². The second kappa shape index (κ2) is 4.85. The second-order valence-electron chi connectivity index (χ2n) is 5.01. The maximum atomic E-state index is 6.28. The fourth-order valence-corrected chi connectivity index (χ4v) is 2.59. The average molecular weight is 239 g/mol. The van der Waals surface area contributed by atoms with E-state index in [1.807, 2.05) is 0 Å². The van der Waals surface area contributed by atoms with Gasteiger partial charge in [-0.2, -0.15) is 0 Å². The van der Waals surface area contributed by atoms with Crippen LogP contribution in [0.25, 0.3) is 11.1 Å². The zero-order valence-corrected chi connectivity index (χ0v) is 11.7. The van der Waals surface area contributed by atoms with Crippen molar-refractivity contribution in [2.75, 3.05) is 5.73 Å². The first-order chi connectivity index (χ1) is 8.54. The number of aryl methyl sites for hydroxylation is 4. The summed E-state index contributed by atoms with van der Waals surface area (Å²) < 4.78 is 0. The molecule has 0 aliphatic carbocycles. The number of anilines is 1. The average Bonchev–Trinajstić information content (AvgIpc) is 2.33. The van der Waals surface area contributed by atoms with Crippen LogP contribution in [-0.2, 0) is 6.42 Å². The van der Waals surface area contributed by atoms with Crippen LogP contribution in [0.15, 0.2) is 30.3 Å². The zero-order valence-electron chi connectivity index (χ0n) is 11.7. The van der Waals surface area contributed by atoms with Crippen molar-refractivity contribution in [1.82, 2.24) is 0 Å². The zero-order chi connectivity index (χ0) is 13.3. The van der Waals surface area contributed by atoms with Gasteiger partial charge in [0.25, 0.3) is 0 Å². The smallest absolute Gasteiger partial charge is 0.0423 e. The van der Waals surface area contributed by atoms with Crippen LogP contribution in [0, 0.1) is 20.8 Å². The Hall–Kier alpha value is -1.76. The third-order valence-electron chi connectivity index (χ3n) is 3.54. The van der Waals surface area contributed by atoms with Crippen molar-refractivity contribution in [3.8, 4) is 11.1 Å². The van der Waals surface area contributed by atoms with Crippen molar-refractivity contribution in [3.05, 3.63) is 52.6 Å². The van der Waals surface area contributed by atoms with E-state index in [9.17, 15) is 0 Å². The van der Waals surface area contributed by atoms with Crippen molar-refractivity contribution in [3.63, 3.8) is 0 Å². The molecular weight excluding hydrogens is 218 g/mol. The van der Waals surface area contributed by atoms with Gasteiger partial charge in [0.15, 0.2) is 0 Å². The van der Waals surface area contributed by atoms with E-state index in [0.29, 0.717) is 0 Å². The van der Waals surface area contributed by atoms with E-state index in [1.54, 1.807) is 0 Å². The number of rotatable bonds is 2. The van der Waals surface area contributed by atoms with Crippen molar-refractivity contribution in [1.29, 1.82) is 0 Å². The highest BCUT2D eigenvalue weighted by Gasteiger charge is 2.11. The molecule has 0 amide bonds. The van der Waals surface area contributed by atoms with Gasteiger partial charge in [-0.25, -0.2) is 0 Å². The highest BCUT2D eigenvalue weighted by atomic mass is 14.6. The lowest BCUT2D eigenvalue weighted by molar-refractivity contribution is 1.13. The van der Waals surface area contributed by atoms with Crippen LogP contribution in [0.1, 0.15) is 29.2 Å². The molecule has 0 aromatic heterocycles. The molecule has 2 aromatic rings. The van der Waals surface area contributed by atoms with Crippen LogP contribution in [-0.4, -0.2) is 0 Å². The Morgan fingerprint density at radius 2 is 1.72 bits per heavy atom. The fraction of sp³-hybridized carbons (Fsp3) is 0.294. The Morgan fingerprint density at radius 3 is 2.39 bits per heavy atom. The fourth-order valence-electron chi connectivity index (χ4n) is 2.59. The minimum Gasteiger partial charge on any atom is -0.398 e. The monoisotopic (exact) mass is 239 g/mol. The lowest BCUT2D eigenvalue weighted by Gasteiger charge is -2.16. The largest absolute Gasteiger partial charge is 0.398 e. The summed E-state index contributed by atoms with van der Waals surface area (Å²) in [4.78, 5) is 0. The summed E-state index contributed by atoms with van der Waals surface area (Å²) in [5.74, 6) is 0. The second-order valence-corrected chi connectivity index (χ2v) is 5.01. The van der Waals surface area contributed by atoms with Gasteiger partial charge in [-0.15, -0.1) is 0 Å². The van der Waals surface area contributed by atoms with E-state index >= 15 is 0 Å². The van der Waals surface area contributed by atoms with Gasteiger partial charge in [-0.3, -0.25) is 0 Å². The number of benzene rings is 2. The van der Waals surface area contributed by atoms with Gasteiger partial charge in [0.1, 0.15) is 0 Å². The van der Waals surface area contributed by atoms with Crippen LogP contribution in [0.5, 0.6) is 0 Å². The van der Waals surface area contributed by atoms with Gasteiger partial charge in [0.05, 0.1) is 0 Å². The van der Waals surface area contributed by atoms with Crippen LogP contribution < -0.4 is 5.73 Å². The molecule has 0 unspecified atom stereocenters. The molecule has 1 nitrogen and oxygen atoms in total. The number of hydrogen-bond donors (Lipinski definition) is 1. The summed E-state index contributed by atoms with van der Waals surface area (Å²) in [6, 6.07) is 10.8. The van der Waals surface area contributed by atoms with Crippen molar-refractivity contribution in [2.45, 2.75) is 34.1 Å². The first-order valence-corrected chi connectivity index (χ1v) is 6.50. The summed E-state index contributed by atoms with van der Waals surface area (Å²) in [5.41, 5.74) is 14.8. The van der Waals surface area contributed by atoms with E-state index in [4.69, 9.17) is 5.73 Å². The lowest BCUT2D eigenvalue weighted by Crippen LogP contribution is -1.99. The Bertz CT molecular complexity index is 582. The van der Waals surface area contributed by atoms with E-state index in [2.05, 4.69) is 58.0 Å². The minimum atomic E-state index is 0.907. The Morgan fingerprint density at radius 1 is 1.00 bits per heavy atom. The van der Waals surface area contributed by atoms with E-state index in [0.717, 1.165) is 17.7 Å². The minimum absolute atomic E-state index is 0.907. The quantitative estimate of drug-likeness (QED) is 0.771. The molecular formula is C17H21N. The van der Waals surface area contributed by atoms with Crippen LogP contribution in [0.3, 0.4) is 0 Å². The molecule has 0 spiro atoms. The number of hydrogen-bond acceptors (Lipinski definition) is 1. The maximum absolute atomic E-state index is 6.28. The normalized spacial score (nSPS) is 10.7. The summed E-state index contributed by atoms with van der Waals surface area (Å²) in [6.45, 7) is 8.55. The van der Waals surface area contributed by atoms with Crippen molar-refractivity contribution < 1.29 is 0 Å². The standard InChI is InChI=1S/C17H21N/c1-5-14-8-6-7-12(3)16(14)15-10-11(2)9-13(4)17(15)18/h6-10H,5,18H2,1-4H3. The molecule has 0 atom stereocenters. The first kappa shape index (κ1) is 12.7.